The monoisotopic (exact) mass is 387 g/mol. The second-order valence-corrected chi connectivity index (χ2v) is 7.47. The summed E-state index contributed by atoms with van der Waals surface area (Å²) in [6.45, 7) is 3.46. The Bertz CT molecular complexity index is 736. The molecule has 0 aliphatic heterocycles. The minimum absolute atomic E-state index is 0.0936. The van der Waals surface area contributed by atoms with Crippen molar-refractivity contribution in [2.75, 3.05) is 5.75 Å². The molecule has 2 aromatic carbocycles. The van der Waals surface area contributed by atoms with Gasteiger partial charge in [0.1, 0.15) is 0 Å². The van der Waals surface area contributed by atoms with E-state index in [0.717, 1.165) is 17.3 Å². The van der Waals surface area contributed by atoms with Crippen LogP contribution >= 0.6 is 11.8 Å². The second kappa shape index (κ2) is 10.3. The summed E-state index contributed by atoms with van der Waals surface area (Å²) in [5.74, 6) is -0.638. The maximum atomic E-state index is 12.8. The molecule has 27 heavy (non-hydrogen) atoms. The molecule has 1 amide bonds. The Morgan fingerprint density at radius 1 is 0.963 bits per heavy atom. The number of hydrogen-bond donors (Lipinski definition) is 3. The molecule has 3 atom stereocenters. The van der Waals surface area contributed by atoms with Crippen LogP contribution in [0.2, 0.25) is 0 Å². The molecule has 0 aliphatic rings. The van der Waals surface area contributed by atoms with E-state index < -0.39 is 18.2 Å². The van der Waals surface area contributed by atoms with Crippen LogP contribution in [0.1, 0.15) is 35.7 Å². The lowest BCUT2D eigenvalue weighted by Crippen LogP contribution is -2.45. The Hall–Kier alpha value is -2.15. The van der Waals surface area contributed by atoms with Crippen LogP contribution in [0.5, 0.6) is 0 Å². The van der Waals surface area contributed by atoms with E-state index in [9.17, 15) is 19.8 Å². The fourth-order valence-electron chi connectivity index (χ4n) is 2.66. The van der Waals surface area contributed by atoms with Gasteiger partial charge in [-0.2, -0.15) is 0 Å². The van der Waals surface area contributed by atoms with Gasteiger partial charge in [0.05, 0.1) is 12.0 Å². The van der Waals surface area contributed by atoms with E-state index in [1.807, 2.05) is 43.3 Å². The number of amides is 1. The SMILES string of the molecule is CC(NC(=O)[C@@H](CSC(=O)c1ccccc1)C(C)c1ccccc1)C(O)O. The zero-order chi connectivity index (χ0) is 19.8. The number of nitrogens with one attached hydrogen (secondary N) is 1. The highest BCUT2D eigenvalue weighted by atomic mass is 32.2. The van der Waals surface area contributed by atoms with Crippen LogP contribution in [-0.2, 0) is 4.79 Å². The van der Waals surface area contributed by atoms with Crippen molar-refractivity contribution in [3.8, 4) is 0 Å². The van der Waals surface area contributed by atoms with Crippen molar-refractivity contribution >= 4 is 22.8 Å². The van der Waals surface area contributed by atoms with E-state index in [4.69, 9.17) is 0 Å². The molecule has 3 N–H and O–H groups in total. The molecule has 2 rings (SSSR count). The Labute approximate surface area is 163 Å². The summed E-state index contributed by atoms with van der Waals surface area (Å²) in [5, 5.41) is 21.0. The quantitative estimate of drug-likeness (QED) is 0.607. The molecule has 2 unspecified atom stereocenters. The zero-order valence-corrected chi connectivity index (χ0v) is 16.2. The lowest BCUT2D eigenvalue weighted by molar-refractivity contribution is -0.130. The summed E-state index contributed by atoms with van der Waals surface area (Å²) in [6.07, 6.45) is -1.64. The molecule has 6 heteroatoms. The number of rotatable bonds is 8. The molecular formula is C21H25NO4S. The van der Waals surface area contributed by atoms with Crippen molar-refractivity contribution in [3.63, 3.8) is 0 Å². The van der Waals surface area contributed by atoms with Gasteiger partial charge in [0.25, 0.3) is 0 Å². The van der Waals surface area contributed by atoms with E-state index in [1.54, 1.807) is 24.3 Å². The molecule has 144 valence electrons. The van der Waals surface area contributed by atoms with Crippen molar-refractivity contribution in [2.24, 2.45) is 5.92 Å². The first-order chi connectivity index (χ1) is 12.9. The minimum atomic E-state index is -1.64. The summed E-state index contributed by atoms with van der Waals surface area (Å²) < 4.78 is 0. The highest BCUT2D eigenvalue weighted by Crippen LogP contribution is 2.29. The first-order valence-corrected chi connectivity index (χ1v) is 9.82. The summed E-state index contributed by atoms with van der Waals surface area (Å²) in [5.41, 5.74) is 1.58. The van der Waals surface area contributed by atoms with Crippen LogP contribution < -0.4 is 5.32 Å². The van der Waals surface area contributed by atoms with E-state index >= 15 is 0 Å². The molecular weight excluding hydrogens is 362 g/mol. The molecule has 0 heterocycles. The molecule has 5 nitrogen and oxygen atoms in total. The average Bonchev–Trinajstić information content (AvgIpc) is 2.69. The zero-order valence-electron chi connectivity index (χ0n) is 15.4. The third-order valence-electron chi connectivity index (χ3n) is 4.49. The van der Waals surface area contributed by atoms with Crippen molar-refractivity contribution in [1.29, 1.82) is 0 Å². The van der Waals surface area contributed by atoms with Crippen LogP contribution in [0.25, 0.3) is 0 Å². The molecule has 0 aromatic heterocycles. The molecule has 0 radical (unpaired) electrons. The second-order valence-electron chi connectivity index (χ2n) is 6.48. The lowest BCUT2D eigenvalue weighted by Gasteiger charge is -2.25. The highest BCUT2D eigenvalue weighted by molar-refractivity contribution is 8.14. The number of aliphatic hydroxyl groups is 2. The summed E-state index contributed by atoms with van der Waals surface area (Å²) >= 11 is 1.10. The van der Waals surface area contributed by atoms with Gasteiger partial charge in [0.2, 0.25) is 11.0 Å². The largest absolute Gasteiger partial charge is 0.366 e. The molecule has 0 aliphatic carbocycles. The van der Waals surface area contributed by atoms with Crippen molar-refractivity contribution in [1.82, 2.24) is 5.32 Å². The first kappa shape index (κ1) is 21.2. The number of carbonyl (C=O) groups is 2. The Morgan fingerprint density at radius 3 is 2.07 bits per heavy atom. The number of carbonyl (C=O) groups excluding carboxylic acids is 2. The van der Waals surface area contributed by atoms with Gasteiger partial charge in [-0.3, -0.25) is 9.59 Å². The molecule has 0 bridgehead atoms. The number of benzene rings is 2. The number of thioether (sulfide) groups is 1. The van der Waals surface area contributed by atoms with Crippen molar-refractivity contribution < 1.29 is 19.8 Å². The van der Waals surface area contributed by atoms with Gasteiger partial charge < -0.3 is 15.5 Å². The normalized spacial score (nSPS) is 14.4. The highest BCUT2D eigenvalue weighted by Gasteiger charge is 2.29. The van der Waals surface area contributed by atoms with Gasteiger partial charge in [-0.05, 0) is 18.4 Å². The predicted molar refractivity (Wildman–Crippen MR) is 107 cm³/mol. The third kappa shape index (κ3) is 6.20. The van der Waals surface area contributed by atoms with Gasteiger partial charge in [0, 0.05) is 11.3 Å². The van der Waals surface area contributed by atoms with Crippen molar-refractivity contribution in [3.05, 3.63) is 71.8 Å². The van der Waals surface area contributed by atoms with E-state index in [2.05, 4.69) is 5.32 Å². The smallest absolute Gasteiger partial charge is 0.224 e. The topological polar surface area (TPSA) is 86.6 Å². The summed E-state index contributed by atoms with van der Waals surface area (Å²) in [6, 6.07) is 17.7. The van der Waals surface area contributed by atoms with Gasteiger partial charge >= 0.3 is 0 Å². The standard InChI is InChI=1S/C21H25NO4S/c1-14(16-9-5-3-6-10-16)18(19(23)22-15(2)20(24)25)13-27-21(26)17-11-7-4-8-12-17/h3-12,14-15,18,20,24-25H,13H2,1-2H3,(H,22,23)/t14?,15?,18-/m0/s1. The van der Waals surface area contributed by atoms with Gasteiger partial charge in [0.15, 0.2) is 6.29 Å². The van der Waals surface area contributed by atoms with E-state index in [-0.39, 0.29) is 16.9 Å². The van der Waals surface area contributed by atoms with Crippen LogP contribution in [-0.4, -0.2) is 39.3 Å². The molecule has 2 aromatic rings. The van der Waals surface area contributed by atoms with Gasteiger partial charge in [-0.15, -0.1) is 0 Å². The minimum Gasteiger partial charge on any atom is -0.366 e. The fraction of sp³-hybridized carbons (Fsp3) is 0.333. The average molecular weight is 388 g/mol. The van der Waals surface area contributed by atoms with Crippen molar-refractivity contribution in [2.45, 2.75) is 32.1 Å². The van der Waals surface area contributed by atoms with Crippen LogP contribution in [0.4, 0.5) is 0 Å². The Morgan fingerprint density at radius 2 is 1.52 bits per heavy atom. The van der Waals surface area contributed by atoms with Crippen LogP contribution in [0.15, 0.2) is 60.7 Å². The Balaban J connectivity index is 2.13. The van der Waals surface area contributed by atoms with E-state index in [0.29, 0.717) is 11.3 Å². The third-order valence-corrected chi connectivity index (χ3v) is 5.51. The summed E-state index contributed by atoms with van der Waals surface area (Å²) in [7, 11) is 0. The maximum absolute atomic E-state index is 12.8. The van der Waals surface area contributed by atoms with Crippen LogP contribution in [0.3, 0.4) is 0 Å². The summed E-state index contributed by atoms with van der Waals surface area (Å²) in [4.78, 5) is 25.2. The number of hydrogen-bond acceptors (Lipinski definition) is 5. The molecule has 0 fully saturated rings. The number of aliphatic hydroxyl groups excluding tert-OH is 1. The van der Waals surface area contributed by atoms with Crippen LogP contribution in [0, 0.1) is 5.92 Å². The molecule has 0 saturated carbocycles. The van der Waals surface area contributed by atoms with Gasteiger partial charge in [-0.25, -0.2) is 0 Å². The predicted octanol–water partition coefficient (Wildman–Crippen LogP) is 2.80. The van der Waals surface area contributed by atoms with E-state index in [1.165, 1.54) is 6.92 Å². The first-order valence-electron chi connectivity index (χ1n) is 8.83. The Kier molecular flexibility index (Phi) is 8.03. The fourth-order valence-corrected chi connectivity index (χ4v) is 3.74. The maximum Gasteiger partial charge on any atom is 0.224 e. The molecule has 0 saturated heterocycles. The molecule has 0 spiro atoms. The lowest BCUT2D eigenvalue weighted by atomic mass is 9.88. The van der Waals surface area contributed by atoms with Gasteiger partial charge in [-0.1, -0.05) is 79.3 Å².